The Hall–Kier alpha value is -1.60. The van der Waals surface area contributed by atoms with Gasteiger partial charge in [0.1, 0.15) is 12.0 Å². The Morgan fingerprint density at radius 2 is 1.80 bits per heavy atom. The van der Waals surface area contributed by atoms with Crippen molar-refractivity contribution in [3.05, 3.63) is 29.8 Å². The van der Waals surface area contributed by atoms with E-state index in [1.807, 2.05) is 4.90 Å². The highest BCUT2D eigenvalue weighted by Gasteiger charge is 2.31. The molecule has 1 unspecified atom stereocenters. The van der Waals surface area contributed by atoms with Crippen molar-refractivity contribution in [2.24, 2.45) is 0 Å². The van der Waals surface area contributed by atoms with E-state index in [0.717, 1.165) is 6.29 Å². The Morgan fingerprint density at radius 1 is 1.20 bits per heavy atom. The molecule has 1 fully saturated rings. The second-order valence-corrected chi connectivity index (χ2v) is 4.35. The van der Waals surface area contributed by atoms with Crippen molar-refractivity contribution in [3.8, 4) is 5.75 Å². The minimum Gasteiger partial charge on any atom is -0.406 e. The van der Waals surface area contributed by atoms with E-state index < -0.39 is 12.4 Å². The number of hydrogen-bond acceptors (Lipinski definition) is 4. The third-order valence-corrected chi connectivity index (χ3v) is 3.02. The minimum atomic E-state index is -4.71. The predicted molar refractivity (Wildman–Crippen MR) is 64.3 cm³/mol. The van der Waals surface area contributed by atoms with Crippen molar-refractivity contribution in [3.63, 3.8) is 0 Å². The molecule has 1 aromatic rings. The molecule has 1 aliphatic rings. The molecule has 1 saturated heterocycles. The van der Waals surface area contributed by atoms with Crippen molar-refractivity contribution in [1.82, 2.24) is 4.90 Å². The minimum absolute atomic E-state index is 0.298. The van der Waals surface area contributed by atoms with Gasteiger partial charge in [-0.1, -0.05) is 12.1 Å². The van der Waals surface area contributed by atoms with Gasteiger partial charge in [-0.2, -0.15) is 0 Å². The summed E-state index contributed by atoms with van der Waals surface area (Å²) in [5, 5.41) is 0. The molecule has 2 rings (SSSR count). The number of halogens is 3. The molecule has 1 aromatic carbocycles. The number of rotatable bonds is 4. The van der Waals surface area contributed by atoms with Crippen LogP contribution in [0.4, 0.5) is 13.2 Å². The normalized spacial score (nSPS) is 18.6. The maximum atomic E-state index is 12.1. The molecule has 1 aliphatic heterocycles. The topological polar surface area (TPSA) is 38.8 Å². The summed E-state index contributed by atoms with van der Waals surface area (Å²) in [6.45, 7) is 2.31. The fourth-order valence-electron chi connectivity index (χ4n) is 2.10. The Balaban J connectivity index is 2.08. The lowest BCUT2D eigenvalue weighted by Gasteiger charge is -2.31. The molecule has 0 bridgehead atoms. The molecule has 4 nitrogen and oxygen atoms in total. The van der Waals surface area contributed by atoms with Crippen molar-refractivity contribution in [2.75, 3.05) is 26.3 Å². The average molecular weight is 289 g/mol. The maximum Gasteiger partial charge on any atom is 0.573 e. The maximum absolute atomic E-state index is 12.1. The molecule has 0 saturated carbocycles. The van der Waals surface area contributed by atoms with Crippen LogP contribution in [-0.2, 0) is 9.53 Å². The van der Waals surface area contributed by atoms with E-state index >= 15 is 0 Å². The molecule has 1 atom stereocenters. The fourth-order valence-corrected chi connectivity index (χ4v) is 2.10. The van der Waals surface area contributed by atoms with Crippen LogP contribution in [0.2, 0.25) is 0 Å². The standard InChI is InChI=1S/C13H14F3NO3/c14-13(15,16)20-11-3-1-10(2-4-11)12(9-18)17-5-7-19-8-6-17/h1-4,9,12H,5-8H2. The third-order valence-electron chi connectivity index (χ3n) is 3.02. The zero-order valence-corrected chi connectivity index (χ0v) is 10.6. The first-order chi connectivity index (χ1) is 9.49. The van der Waals surface area contributed by atoms with Crippen molar-refractivity contribution >= 4 is 6.29 Å². The highest BCUT2D eigenvalue weighted by molar-refractivity contribution is 5.61. The second-order valence-electron chi connectivity index (χ2n) is 4.35. The van der Waals surface area contributed by atoms with Crippen LogP contribution >= 0.6 is 0 Å². The number of carbonyl (C=O) groups is 1. The van der Waals surface area contributed by atoms with Crippen molar-refractivity contribution in [1.29, 1.82) is 0 Å². The molecule has 1 heterocycles. The smallest absolute Gasteiger partial charge is 0.406 e. The molecule has 0 radical (unpaired) electrons. The molecular formula is C13H14F3NO3. The lowest BCUT2D eigenvalue weighted by Crippen LogP contribution is -2.39. The molecule has 0 aliphatic carbocycles. The summed E-state index contributed by atoms with van der Waals surface area (Å²) < 4.78 is 45.2. The quantitative estimate of drug-likeness (QED) is 0.796. The first-order valence-electron chi connectivity index (χ1n) is 6.12. The first-order valence-corrected chi connectivity index (χ1v) is 6.12. The number of ether oxygens (including phenoxy) is 2. The van der Waals surface area contributed by atoms with E-state index in [1.165, 1.54) is 24.3 Å². The number of hydrogen-bond donors (Lipinski definition) is 0. The predicted octanol–water partition coefficient (Wildman–Crippen LogP) is 2.16. The van der Waals surface area contributed by atoms with Crippen molar-refractivity contribution in [2.45, 2.75) is 12.4 Å². The zero-order chi connectivity index (χ0) is 14.6. The van der Waals surface area contributed by atoms with Crippen LogP contribution in [0.25, 0.3) is 0 Å². The van der Waals surface area contributed by atoms with Crippen molar-refractivity contribution < 1.29 is 27.4 Å². The molecule has 0 N–H and O–H groups in total. The van der Waals surface area contributed by atoms with Gasteiger partial charge in [-0.25, -0.2) is 0 Å². The summed E-state index contributed by atoms with van der Waals surface area (Å²) >= 11 is 0. The summed E-state index contributed by atoms with van der Waals surface area (Å²) in [6, 6.07) is 4.88. The number of nitrogens with zero attached hydrogens (tertiary/aromatic N) is 1. The summed E-state index contributed by atoms with van der Waals surface area (Å²) in [5.74, 6) is -0.298. The Bertz CT molecular complexity index is 441. The number of carbonyl (C=O) groups excluding carboxylic acids is 1. The number of morpholine rings is 1. The van der Waals surface area contributed by atoms with E-state index in [2.05, 4.69) is 4.74 Å². The van der Waals surface area contributed by atoms with Gasteiger partial charge in [0.15, 0.2) is 0 Å². The molecule has 7 heteroatoms. The van der Waals surface area contributed by atoms with Gasteiger partial charge in [-0.15, -0.1) is 13.2 Å². The van der Waals surface area contributed by atoms with Gasteiger partial charge in [0, 0.05) is 13.1 Å². The van der Waals surface area contributed by atoms with Gasteiger partial charge in [-0.3, -0.25) is 4.90 Å². The van der Waals surface area contributed by atoms with Crippen LogP contribution in [0, 0.1) is 0 Å². The lowest BCUT2D eigenvalue weighted by molar-refractivity contribution is -0.274. The van der Waals surface area contributed by atoms with E-state index in [4.69, 9.17) is 4.74 Å². The highest BCUT2D eigenvalue weighted by atomic mass is 19.4. The van der Waals surface area contributed by atoms with Crippen LogP contribution in [0.15, 0.2) is 24.3 Å². The molecule has 0 amide bonds. The second kappa shape index (κ2) is 6.23. The zero-order valence-electron chi connectivity index (χ0n) is 10.6. The molecule has 0 spiro atoms. The SMILES string of the molecule is O=CC(c1ccc(OC(F)(F)F)cc1)N1CCOCC1. The van der Waals surface area contributed by atoms with Crippen LogP contribution in [0.5, 0.6) is 5.75 Å². The summed E-state index contributed by atoms with van der Waals surface area (Å²) in [6.07, 6.45) is -3.93. The Labute approximate surface area is 114 Å². The number of aldehydes is 1. The molecule has 20 heavy (non-hydrogen) atoms. The Morgan fingerprint density at radius 3 is 2.30 bits per heavy atom. The van der Waals surface area contributed by atoms with E-state index in [0.29, 0.717) is 31.9 Å². The Kier molecular flexibility index (Phi) is 4.61. The van der Waals surface area contributed by atoms with E-state index in [1.54, 1.807) is 0 Å². The monoisotopic (exact) mass is 289 g/mol. The number of alkyl halides is 3. The van der Waals surface area contributed by atoms with Gasteiger partial charge >= 0.3 is 6.36 Å². The summed E-state index contributed by atoms with van der Waals surface area (Å²) in [7, 11) is 0. The summed E-state index contributed by atoms with van der Waals surface area (Å²) in [5.41, 5.74) is 0.636. The first kappa shape index (κ1) is 14.8. The van der Waals surface area contributed by atoms with Gasteiger partial charge in [-0.05, 0) is 17.7 Å². The van der Waals surface area contributed by atoms with Crippen LogP contribution in [0.1, 0.15) is 11.6 Å². The molecular weight excluding hydrogens is 275 g/mol. The molecule has 110 valence electrons. The van der Waals surface area contributed by atoms with Gasteiger partial charge < -0.3 is 14.3 Å². The van der Waals surface area contributed by atoms with Crippen LogP contribution < -0.4 is 4.74 Å². The average Bonchev–Trinajstić information content (AvgIpc) is 2.41. The van der Waals surface area contributed by atoms with Crippen LogP contribution in [0.3, 0.4) is 0 Å². The fraction of sp³-hybridized carbons (Fsp3) is 0.462. The van der Waals surface area contributed by atoms with Crippen LogP contribution in [-0.4, -0.2) is 43.9 Å². The van der Waals surface area contributed by atoms with E-state index in [9.17, 15) is 18.0 Å². The lowest BCUT2D eigenvalue weighted by atomic mass is 10.1. The van der Waals surface area contributed by atoms with Gasteiger partial charge in [0.2, 0.25) is 0 Å². The van der Waals surface area contributed by atoms with Gasteiger partial charge in [0.05, 0.1) is 19.3 Å². The summed E-state index contributed by atoms with van der Waals surface area (Å²) in [4.78, 5) is 13.2. The van der Waals surface area contributed by atoms with Gasteiger partial charge in [0.25, 0.3) is 0 Å². The number of benzene rings is 1. The molecule has 0 aromatic heterocycles. The largest absolute Gasteiger partial charge is 0.573 e. The third kappa shape index (κ3) is 3.94. The highest BCUT2D eigenvalue weighted by Crippen LogP contribution is 2.26. The van der Waals surface area contributed by atoms with E-state index in [-0.39, 0.29) is 5.75 Å².